The summed E-state index contributed by atoms with van der Waals surface area (Å²) in [5, 5.41) is 5.71. The van der Waals surface area contributed by atoms with E-state index in [9.17, 15) is 4.57 Å². The maximum absolute atomic E-state index is 10.8. The molecule has 0 saturated carbocycles. The van der Waals surface area contributed by atoms with E-state index in [2.05, 4.69) is 10.4 Å². The van der Waals surface area contributed by atoms with E-state index in [0.717, 1.165) is 13.1 Å². The molecule has 0 bridgehead atoms. The summed E-state index contributed by atoms with van der Waals surface area (Å²) in [5.41, 5.74) is 0. The lowest BCUT2D eigenvalue weighted by Gasteiger charge is -2.22. The Kier molecular flexibility index (Phi) is 4.80. The third kappa shape index (κ3) is 3.65. The number of hydrogen-bond acceptors (Lipinski definition) is 4. The molecule has 1 aliphatic heterocycles. The molecule has 1 fully saturated rings. The van der Waals surface area contributed by atoms with Crippen LogP contribution in [0.2, 0.25) is 0 Å². The van der Waals surface area contributed by atoms with Crippen LogP contribution in [-0.2, 0) is 13.8 Å². The van der Waals surface area contributed by atoms with E-state index in [4.69, 9.17) is 9.26 Å². The van der Waals surface area contributed by atoms with E-state index in [1.807, 2.05) is 0 Å². The van der Waals surface area contributed by atoms with Crippen molar-refractivity contribution in [1.82, 2.24) is 10.4 Å². The van der Waals surface area contributed by atoms with Crippen molar-refractivity contribution in [2.75, 3.05) is 33.4 Å². The van der Waals surface area contributed by atoms with Gasteiger partial charge in [0.25, 0.3) is 8.18 Å². The molecule has 0 aliphatic carbocycles. The van der Waals surface area contributed by atoms with Gasteiger partial charge in [-0.05, 0) is 7.05 Å². The molecule has 1 rings (SSSR count). The minimum Gasteiger partial charge on any atom is -0.373 e. The third-order valence-corrected chi connectivity index (χ3v) is 2.45. The first-order valence-electron chi connectivity index (χ1n) is 3.99. The molecule has 0 radical (unpaired) electrons. The molecule has 1 aliphatic rings. The number of morpholine rings is 1. The van der Waals surface area contributed by atoms with Gasteiger partial charge in [-0.1, -0.05) is 0 Å². The Balaban J connectivity index is 2.09. The fourth-order valence-corrected chi connectivity index (χ4v) is 1.45. The van der Waals surface area contributed by atoms with Gasteiger partial charge in [0.15, 0.2) is 0 Å². The molecule has 0 aromatic heterocycles. The van der Waals surface area contributed by atoms with Crippen molar-refractivity contribution in [1.29, 1.82) is 0 Å². The summed E-state index contributed by atoms with van der Waals surface area (Å²) in [5.74, 6) is 0. The standard InChI is InChI=1S/C6H15N2O3P/c1-7-12(9)11-5-6-4-8-2-3-10-6/h6,8,12H,2-5H2,1H3,(H,7,9)/t6-/m0/s1. The lowest BCUT2D eigenvalue weighted by Crippen LogP contribution is -2.40. The van der Waals surface area contributed by atoms with Gasteiger partial charge in [0.2, 0.25) is 0 Å². The summed E-state index contributed by atoms with van der Waals surface area (Å²) >= 11 is 0. The predicted molar refractivity (Wildman–Crippen MR) is 46.6 cm³/mol. The quantitative estimate of drug-likeness (QED) is 0.596. The average Bonchev–Trinajstić information content (AvgIpc) is 2.16. The SMILES string of the molecule is CN[PH](=O)OC[C@@H]1CNCCO1. The zero-order valence-electron chi connectivity index (χ0n) is 7.13. The molecule has 5 nitrogen and oxygen atoms in total. The first kappa shape index (κ1) is 10.2. The van der Waals surface area contributed by atoms with E-state index in [0.29, 0.717) is 13.2 Å². The molecule has 6 heteroatoms. The Morgan fingerprint density at radius 2 is 2.67 bits per heavy atom. The van der Waals surface area contributed by atoms with Gasteiger partial charge in [-0.3, -0.25) is 9.65 Å². The summed E-state index contributed by atoms with van der Waals surface area (Å²) in [6.07, 6.45) is 0.0426. The highest BCUT2D eigenvalue weighted by Crippen LogP contribution is 2.15. The maximum atomic E-state index is 10.8. The third-order valence-electron chi connectivity index (χ3n) is 1.61. The zero-order valence-corrected chi connectivity index (χ0v) is 8.13. The Hall–Kier alpha value is 0.0700. The first-order valence-corrected chi connectivity index (χ1v) is 5.31. The summed E-state index contributed by atoms with van der Waals surface area (Å²) < 4.78 is 21.2. The van der Waals surface area contributed by atoms with Gasteiger partial charge in [-0.2, -0.15) is 0 Å². The fourth-order valence-electron chi connectivity index (χ4n) is 0.968. The Labute approximate surface area is 72.7 Å². The molecule has 0 spiro atoms. The normalized spacial score (nSPS) is 26.9. The van der Waals surface area contributed by atoms with Crippen molar-refractivity contribution >= 4 is 8.18 Å². The molecule has 1 saturated heterocycles. The molecular weight excluding hydrogens is 179 g/mol. The minimum absolute atomic E-state index is 0.0426. The van der Waals surface area contributed by atoms with Crippen LogP contribution in [0.1, 0.15) is 0 Å². The van der Waals surface area contributed by atoms with Crippen molar-refractivity contribution in [3.63, 3.8) is 0 Å². The van der Waals surface area contributed by atoms with E-state index >= 15 is 0 Å². The van der Waals surface area contributed by atoms with Crippen LogP contribution in [0, 0.1) is 0 Å². The van der Waals surface area contributed by atoms with Gasteiger partial charge in [0.1, 0.15) is 0 Å². The summed E-state index contributed by atoms with van der Waals surface area (Å²) in [4.78, 5) is 0. The van der Waals surface area contributed by atoms with Crippen LogP contribution in [-0.4, -0.2) is 39.5 Å². The Morgan fingerprint density at radius 1 is 1.83 bits per heavy atom. The van der Waals surface area contributed by atoms with Crippen LogP contribution >= 0.6 is 8.18 Å². The largest absolute Gasteiger partial charge is 0.373 e. The highest BCUT2D eigenvalue weighted by atomic mass is 31.1. The Morgan fingerprint density at radius 3 is 3.25 bits per heavy atom. The van der Waals surface area contributed by atoms with E-state index in [-0.39, 0.29) is 6.10 Å². The van der Waals surface area contributed by atoms with Crippen LogP contribution in [0.4, 0.5) is 0 Å². The van der Waals surface area contributed by atoms with Crippen molar-refractivity contribution in [3.05, 3.63) is 0 Å². The van der Waals surface area contributed by atoms with E-state index in [1.165, 1.54) is 0 Å². The van der Waals surface area contributed by atoms with Crippen LogP contribution in [0.25, 0.3) is 0 Å². The van der Waals surface area contributed by atoms with Crippen LogP contribution < -0.4 is 10.4 Å². The number of ether oxygens (including phenoxy) is 1. The second kappa shape index (κ2) is 5.67. The number of rotatable bonds is 4. The lowest BCUT2D eigenvalue weighted by molar-refractivity contribution is 0.00160. The van der Waals surface area contributed by atoms with Crippen molar-refractivity contribution in [2.24, 2.45) is 0 Å². The summed E-state index contributed by atoms with van der Waals surface area (Å²) in [6.45, 7) is 2.76. The van der Waals surface area contributed by atoms with Gasteiger partial charge in [0.05, 0.1) is 19.3 Å². The van der Waals surface area contributed by atoms with Gasteiger partial charge in [-0.15, -0.1) is 0 Å². The van der Waals surface area contributed by atoms with Gasteiger partial charge >= 0.3 is 0 Å². The second-order valence-corrected chi connectivity index (χ2v) is 3.91. The molecule has 1 heterocycles. The van der Waals surface area contributed by atoms with Crippen LogP contribution in [0.15, 0.2) is 0 Å². The number of hydrogen-bond donors (Lipinski definition) is 2. The Bertz CT molecular complexity index is 150. The molecule has 12 heavy (non-hydrogen) atoms. The molecule has 0 aromatic rings. The molecule has 2 atom stereocenters. The highest BCUT2D eigenvalue weighted by Gasteiger charge is 2.13. The highest BCUT2D eigenvalue weighted by molar-refractivity contribution is 7.36. The smallest absolute Gasteiger partial charge is 0.258 e. The second-order valence-electron chi connectivity index (χ2n) is 2.55. The van der Waals surface area contributed by atoms with Crippen molar-refractivity contribution in [2.45, 2.75) is 6.10 Å². The zero-order chi connectivity index (χ0) is 8.81. The van der Waals surface area contributed by atoms with Crippen molar-refractivity contribution in [3.8, 4) is 0 Å². The molecular formula is C6H15N2O3P. The monoisotopic (exact) mass is 194 g/mol. The average molecular weight is 194 g/mol. The molecule has 0 aromatic carbocycles. The van der Waals surface area contributed by atoms with E-state index < -0.39 is 8.18 Å². The fraction of sp³-hybridized carbons (Fsp3) is 1.00. The van der Waals surface area contributed by atoms with Crippen LogP contribution in [0.5, 0.6) is 0 Å². The predicted octanol–water partition coefficient (Wildman–Crippen LogP) is -0.400. The van der Waals surface area contributed by atoms with Gasteiger partial charge < -0.3 is 14.6 Å². The maximum Gasteiger partial charge on any atom is 0.258 e. The molecule has 1 unspecified atom stereocenters. The first-order chi connectivity index (χ1) is 5.83. The topological polar surface area (TPSA) is 59.6 Å². The molecule has 0 amide bonds. The minimum atomic E-state index is -2.04. The van der Waals surface area contributed by atoms with E-state index in [1.54, 1.807) is 7.05 Å². The van der Waals surface area contributed by atoms with Gasteiger partial charge in [0, 0.05) is 13.1 Å². The summed E-state index contributed by atoms with van der Waals surface area (Å²) in [6, 6.07) is 0. The number of nitrogens with one attached hydrogen (secondary N) is 2. The lowest BCUT2D eigenvalue weighted by atomic mass is 10.3. The van der Waals surface area contributed by atoms with Gasteiger partial charge in [-0.25, -0.2) is 0 Å². The van der Waals surface area contributed by atoms with Crippen LogP contribution in [0.3, 0.4) is 0 Å². The van der Waals surface area contributed by atoms with Crippen molar-refractivity contribution < 1.29 is 13.8 Å². The molecule has 2 N–H and O–H groups in total. The summed E-state index contributed by atoms with van der Waals surface area (Å²) in [7, 11) is -0.423. The molecule has 72 valence electrons.